The Labute approximate surface area is 175 Å². The summed E-state index contributed by atoms with van der Waals surface area (Å²) in [6, 6.07) is 7.22. The van der Waals surface area contributed by atoms with E-state index in [1.54, 1.807) is 21.4 Å². The summed E-state index contributed by atoms with van der Waals surface area (Å²) in [6.45, 7) is 4.40. The molecule has 0 amide bonds. The predicted octanol–water partition coefficient (Wildman–Crippen LogP) is 4.13. The Hall–Kier alpha value is -2.44. The molecule has 0 aliphatic carbocycles. The lowest BCUT2D eigenvalue weighted by Crippen LogP contribution is -2.19. The molecule has 1 fully saturated rings. The smallest absolute Gasteiger partial charge is 0.250 e. The summed E-state index contributed by atoms with van der Waals surface area (Å²) in [5, 5.41) is 5.30. The largest absolute Gasteiger partial charge is 0.381 e. The van der Waals surface area contributed by atoms with Crippen LogP contribution in [-0.4, -0.2) is 32.5 Å². The highest BCUT2D eigenvalue weighted by atomic mass is 35.5. The van der Waals surface area contributed by atoms with Gasteiger partial charge in [0, 0.05) is 55.7 Å². The van der Waals surface area contributed by atoms with Gasteiger partial charge in [-0.25, -0.2) is 4.68 Å². The van der Waals surface area contributed by atoms with E-state index >= 15 is 0 Å². The molecule has 1 aliphatic rings. The predicted molar refractivity (Wildman–Crippen MR) is 114 cm³/mol. The summed E-state index contributed by atoms with van der Waals surface area (Å²) in [7, 11) is 0. The monoisotopic (exact) mass is 412 g/mol. The van der Waals surface area contributed by atoms with E-state index < -0.39 is 0 Å². The lowest BCUT2D eigenvalue weighted by atomic mass is 9.94. The maximum atomic E-state index is 11.9. The molecule has 0 saturated carbocycles. The lowest BCUT2D eigenvalue weighted by molar-refractivity contribution is 0.0663. The van der Waals surface area contributed by atoms with Gasteiger partial charge in [-0.05, 0) is 49.8 Å². The first-order valence-electron chi connectivity index (χ1n) is 10.1. The van der Waals surface area contributed by atoms with Crippen LogP contribution < -0.4 is 5.56 Å². The standard InChI is InChI=1S/C22H25ClN4O2/c1-2-8-26-15-18(3-4-22(26)28)27-9-5-21(25-27)19-14-24-17(13-20(19)23)12-16-6-10-29-11-7-16/h3-5,9,13-16H,2,6-8,10-12H2,1H3. The van der Waals surface area contributed by atoms with Gasteiger partial charge in [0.1, 0.15) is 0 Å². The van der Waals surface area contributed by atoms with Crippen molar-refractivity contribution in [1.82, 2.24) is 19.3 Å². The fourth-order valence-corrected chi connectivity index (χ4v) is 3.97. The molecule has 29 heavy (non-hydrogen) atoms. The normalized spacial score (nSPS) is 15.0. The maximum Gasteiger partial charge on any atom is 0.250 e. The Bertz CT molecular complexity index is 1040. The second-order valence-electron chi connectivity index (χ2n) is 7.48. The van der Waals surface area contributed by atoms with E-state index in [0.29, 0.717) is 17.5 Å². The summed E-state index contributed by atoms with van der Waals surface area (Å²) in [6.07, 6.45) is 9.49. The van der Waals surface area contributed by atoms with Crippen LogP contribution in [0.4, 0.5) is 0 Å². The quantitative estimate of drug-likeness (QED) is 0.610. The third-order valence-corrected chi connectivity index (χ3v) is 5.62. The van der Waals surface area contributed by atoms with Gasteiger partial charge in [0.05, 0.1) is 16.4 Å². The molecule has 1 aliphatic heterocycles. The Morgan fingerprint density at radius 3 is 2.83 bits per heavy atom. The minimum atomic E-state index is -0.00431. The van der Waals surface area contributed by atoms with Crippen molar-refractivity contribution in [2.75, 3.05) is 13.2 Å². The average Bonchev–Trinajstić information content (AvgIpc) is 3.20. The van der Waals surface area contributed by atoms with Gasteiger partial charge in [0.2, 0.25) is 0 Å². The van der Waals surface area contributed by atoms with Crippen molar-refractivity contribution in [1.29, 1.82) is 0 Å². The highest BCUT2D eigenvalue weighted by Gasteiger charge is 2.16. The molecule has 0 radical (unpaired) electrons. The first kappa shape index (κ1) is 19.9. The number of aryl methyl sites for hydroxylation is 1. The molecule has 6 nitrogen and oxygen atoms in total. The van der Waals surface area contributed by atoms with Crippen LogP contribution in [0.25, 0.3) is 16.9 Å². The van der Waals surface area contributed by atoms with Crippen LogP contribution in [0.15, 0.2) is 47.7 Å². The Kier molecular flexibility index (Phi) is 6.11. The Morgan fingerprint density at radius 2 is 2.07 bits per heavy atom. The molecule has 0 aromatic carbocycles. The van der Waals surface area contributed by atoms with Gasteiger partial charge in [-0.2, -0.15) is 5.10 Å². The van der Waals surface area contributed by atoms with Gasteiger partial charge in [-0.1, -0.05) is 18.5 Å². The van der Waals surface area contributed by atoms with Crippen LogP contribution in [0.5, 0.6) is 0 Å². The van der Waals surface area contributed by atoms with Crippen molar-refractivity contribution < 1.29 is 4.74 Å². The topological polar surface area (TPSA) is 61.9 Å². The van der Waals surface area contributed by atoms with Crippen molar-refractivity contribution in [2.45, 2.75) is 39.2 Å². The highest BCUT2D eigenvalue weighted by Crippen LogP contribution is 2.28. The lowest BCUT2D eigenvalue weighted by Gasteiger charge is -2.21. The van der Waals surface area contributed by atoms with Gasteiger partial charge >= 0.3 is 0 Å². The van der Waals surface area contributed by atoms with Crippen molar-refractivity contribution >= 4 is 11.6 Å². The van der Waals surface area contributed by atoms with Crippen molar-refractivity contribution in [3.63, 3.8) is 0 Å². The molecule has 0 unspecified atom stereocenters. The maximum absolute atomic E-state index is 11.9. The molecule has 1 saturated heterocycles. The first-order valence-corrected chi connectivity index (χ1v) is 10.5. The SMILES string of the molecule is CCCn1cc(-n2ccc(-c3cnc(CC4CCOCC4)cc3Cl)n2)ccc1=O. The number of aromatic nitrogens is 4. The number of hydrogen-bond donors (Lipinski definition) is 0. The van der Waals surface area contributed by atoms with Crippen LogP contribution in [0.2, 0.25) is 5.02 Å². The van der Waals surface area contributed by atoms with Gasteiger partial charge in [0.15, 0.2) is 0 Å². The molecule has 3 aromatic heterocycles. The van der Waals surface area contributed by atoms with Gasteiger partial charge in [-0.15, -0.1) is 0 Å². The number of ether oxygens (including phenoxy) is 1. The van der Waals surface area contributed by atoms with E-state index in [-0.39, 0.29) is 5.56 Å². The van der Waals surface area contributed by atoms with Crippen molar-refractivity contribution in [2.24, 2.45) is 5.92 Å². The van der Waals surface area contributed by atoms with Crippen LogP contribution in [0.3, 0.4) is 0 Å². The fraction of sp³-hybridized carbons (Fsp3) is 0.409. The number of hydrogen-bond acceptors (Lipinski definition) is 4. The van der Waals surface area contributed by atoms with Crippen LogP contribution in [0, 0.1) is 5.92 Å². The van der Waals surface area contributed by atoms with Crippen LogP contribution in [0.1, 0.15) is 31.9 Å². The summed E-state index contributed by atoms with van der Waals surface area (Å²) < 4.78 is 8.89. The molecular formula is C22H25ClN4O2. The summed E-state index contributed by atoms with van der Waals surface area (Å²) in [5.74, 6) is 0.608. The van der Waals surface area contributed by atoms with Gasteiger partial charge in [-0.3, -0.25) is 9.78 Å². The number of rotatable bonds is 6. The van der Waals surface area contributed by atoms with Crippen LogP contribution in [-0.2, 0) is 17.7 Å². The molecule has 0 N–H and O–H groups in total. The Balaban J connectivity index is 1.54. The first-order chi connectivity index (χ1) is 14.1. The number of nitrogens with zero attached hydrogens (tertiary/aromatic N) is 4. The molecule has 4 rings (SSSR count). The zero-order valence-corrected chi connectivity index (χ0v) is 17.3. The van der Waals surface area contributed by atoms with Crippen LogP contribution >= 0.6 is 11.6 Å². The second-order valence-corrected chi connectivity index (χ2v) is 7.89. The summed E-state index contributed by atoms with van der Waals surface area (Å²) >= 11 is 6.56. The highest BCUT2D eigenvalue weighted by molar-refractivity contribution is 6.33. The molecule has 0 spiro atoms. The van der Waals surface area contributed by atoms with E-state index in [9.17, 15) is 4.79 Å². The van der Waals surface area contributed by atoms with Gasteiger partial charge in [0.25, 0.3) is 5.56 Å². The summed E-state index contributed by atoms with van der Waals surface area (Å²) in [4.78, 5) is 16.6. The molecule has 0 atom stereocenters. The van der Waals surface area contributed by atoms with Gasteiger partial charge < -0.3 is 9.30 Å². The van der Waals surface area contributed by atoms with E-state index in [1.165, 1.54) is 0 Å². The third-order valence-electron chi connectivity index (χ3n) is 5.31. The molecule has 4 heterocycles. The minimum Gasteiger partial charge on any atom is -0.381 e. The van der Waals surface area contributed by atoms with E-state index in [2.05, 4.69) is 10.1 Å². The third kappa shape index (κ3) is 4.60. The molecule has 152 valence electrons. The Morgan fingerprint density at radius 1 is 1.24 bits per heavy atom. The zero-order chi connectivity index (χ0) is 20.2. The second kappa shape index (κ2) is 8.93. The fourth-order valence-electron chi connectivity index (χ4n) is 3.70. The zero-order valence-electron chi connectivity index (χ0n) is 16.6. The molecule has 0 bridgehead atoms. The summed E-state index contributed by atoms with van der Waals surface area (Å²) in [5.41, 5.74) is 3.41. The number of pyridine rings is 2. The molecular weight excluding hydrogens is 388 g/mol. The van der Waals surface area contributed by atoms with Crippen molar-refractivity contribution in [3.8, 4) is 16.9 Å². The number of halogens is 1. The van der Waals surface area contributed by atoms with Crippen molar-refractivity contribution in [3.05, 3.63) is 63.9 Å². The molecule has 3 aromatic rings. The van der Waals surface area contributed by atoms with E-state index in [0.717, 1.165) is 61.5 Å². The minimum absolute atomic E-state index is 0.00431. The average molecular weight is 413 g/mol. The molecule has 7 heteroatoms. The van der Waals surface area contributed by atoms with E-state index in [4.69, 9.17) is 16.3 Å². The van der Waals surface area contributed by atoms with E-state index in [1.807, 2.05) is 37.6 Å².